The van der Waals surface area contributed by atoms with Crippen LogP contribution < -0.4 is 5.73 Å². The molecule has 0 aliphatic carbocycles. The standard InChI is InChI=1S/C18H19NS/c1-12(2)13-7-9-14(10-8-13)18(19)17-11-15-5-3-4-6-16(15)20-17/h3-12,18H,19H2,1-2H3. The van der Waals surface area contributed by atoms with Gasteiger partial charge in [0.05, 0.1) is 6.04 Å². The maximum Gasteiger partial charge on any atom is 0.0646 e. The van der Waals surface area contributed by atoms with Gasteiger partial charge < -0.3 is 5.73 Å². The van der Waals surface area contributed by atoms with Crippen molar-refractivity contribution in [2.75, 3.05) is 0 Å². The van der Waals surface area contributed by atoms with Crippen molar-refractivity contribution in [1.29, 1.82) is 0 Å². The SMILES string of the molecule is CC(C)c1ccc(C(N)c2cc3ccccc3s2)cc1. The first kappa shape index (κ1) is 13.3. The Hall–Kier alpha value is -1.64. The third kappa shape index (κ3) is 2.49. The van der Waals surface area contributed by atoms with Gasteiger partial charge in [0.1, 0.15) is 0 Å². The Kier molecular flexibility index (Phi) is 3.60. The maximum atomic E-state index is 6.42. The van der Waals surface area contributed by atoms with Gasteiger partial charge in [0.2, 0.25) is 0 Å². The predicted octanol–water partition coefficient (Wildman–Crippen LogP) is 5.07. The second-order valence-electron chi connectivity index (χ2n) is 5.49. The van der Waals surface area contributed by atoms with Crippen LogP contribution in [-0.4, -0.2) is 0 Å². The second-order valence-corrected chi connectivity index (χ2v) is 6.60. The zero-order valence-corrected chi connectivity index (χ0v) is 12.7. The van der Waals surface area contributed by atoms with Crippen molar-refractivity contribution in [1.82, 2.24) is 0 Å². The van der Waals surface area contributed by atoms with Crippen LogP contribution in [0.4, 0.5) is 0 Å². The summed E-state index contributed by atoms with van der Waals surface area (Å²) in [5, 5.41) is 1.28. The zero-order chi connectivity index (χ0) is 14.1. The minimum Gasteiger partial charge on any atom is -0.320 e. The van der Waals surface area contributed by atoms with E-state index in [1.165, 1.54) is 26.1 Å². The Morgan fingerprint density at radius 3 is 2.20 bits per heavy atom. The summed E-state index contributed by atoms with van der Waals surface area (Å²) >= 11 is 1.79. The number of thiophene rings is 1. The van der Waals surface area contributed by atoms with Gasteiger partial charge >= 0.3 is 0 Å². The van der Waals surface area contributed by atoms with Gasteiger partial charge in [-0.25, -0.2) is 0 Å². The third-order valence-corrected chi connectivity index (χ3v) is 4.91. The van der Waals surface area contributed by atoms with Crippen LogP contribution in [0.2, 0.25) is 0 Å². The molecule has 1 unspecified atom stereocenters. The molecule has 1 atom stereocenters. The van der Waals surface area contributed by atoms with Crippen LogP contribution in [-0.2, 0) is 0 Å². The summed E-state index contributed by atoms with van der Waals surface area (Å²) in [6, 6.07) is 19.3. The molecule has 1 heterocycles. The molecule has 0 spiro atoms. The van der Waals surface area contributed by atoms with Crippen LogP contribution in [0.25, 0.3) is 10.1 Å². The predicted molar refractivity (Wildman–Crippen MR) is 88.4 cm³/mol. The largest absolute Gasteiger partial charge is 0.320 e. The van der Waals surface area contributed by atoms with Gasteiger partial charge in [-0.15, -0.1) is 11.3 Å². The lowest BCUT2D eigenvalue weighted by Gasteiger charge is -2.12. The quantitative estimate of drug-likeness (QED) is 0.712. The molecule has 0 fully saturated rings. The number of hydrogen-bond donors (Lipinski definition) is 1. The van der Waals surface area contributed by atoms with E-state index >= 15 is 0 Å². The molecule has 0 aliphatic heterocycles. The highest BCUT2D eigenvalue weighted by Gasteiger charge is 2.12. The fraction of sp³-hybridized carbons (Fsp3) is 0.222. The number of fused-ring (bicyclic) bond motifs is 1. The van der Waals surface area contributed by atoms with E-state index in [0.29, 0.717) is 5.92 Å². The Morgan fingerprint density at radius 2 is 1.55 bits per heavy atom. The molecule has 2 N–H and O–H groups in total. The van der Waals surface area contributed by atoms with Gasteiger partial charge in [0.25, 0.3) is 0 Å². The van der Waals surface area contributed by atoms with Gasteiger partial charge in [0.15, 0.2) is 0 Å². The molecular weight excluding hydrogens is 262 g/mol. The molecule has 0 saturated heterocycles. The van der Waals surface area contributed by atoms with Crippen molar-refractivity contribution in [3.05, 3.63) is 70.6 Å². The van der Waals surface area contributed by atoms with Crippen LogP contribution in [0.3, 0.4) is 0 Å². The highest BCUT2D eigenvalue weighted by molar-refractivity contribution is 7.19. The van der Waals surface area contributed by atoms with Crippen LogP contribution in [0.15, 0.2) is 54.6 Å². The first-order valence-corrected chi connectivity index (χ1v) is 7.80. The second kappa shape index (κ2) is 5.39. The molecule has 1 nitrogen and oxygen atoms in total. The zero-order valence-electron chi connectivity index (χ0n) is 11.8. The summed E-state index contributed by atoms with van der Waals surface area (Å²) in [5.41, 5.74) is 8.96. The summed E-state index contributed by atoms with van der Waals surface area (Å²) in [7, 11) is 0. The van der Waals surface area contributed by atoms with E-state index in [1.807, 2.05) is 0 Å². The van der Waals surface area contributed by atoms with Gasteiger partial charge in [-0.1, -0.05) is 56.3 Å². The minimum atomic E-state index is -0.0337. The Morgan fingerprint density at radius 1 is 0.900 bits per heavy atom. The molecule has 0 radical (unpaired) electrons. The molecule has 20 heavy (non-hydrogen) atoms. The molecule has 0 aliphatic rings. The molecule has 0 saturated carbocycles. The van der Waals surface area contributed by atoms with Crippen LogP contribution in [0, 0.1) is 0 Å². The lowest BCUT2D eigenvalue weighted by molar-refractivity contribution is 0.854. The molecule has 1 aromatic heterocycles. The van der Waals surface area contributed by atoms with Crippen LogP contribution in [0.5, 0.6) is 0 Å². The van der Waals surface area contributed by atoms with Crippen LogP contribution >= 0.6 is 11.3 Å². The van der Waals surface area contributed by atoms with Crippen molar-refractivity contribution in [3.63, 3.8) is 0 Å². The van der Waals surface area contributed by atoms with Crippen molar-refractivity contribution >= 4 is 21.4 Å². The number of rotatable bonds is 3. The fourth-order valence-corrected chi connectivity index (χ4v) is 3.50. The van der Waals surface area contributed by atoms with Crippen molar-refractivity contribution < 1.29 is 0 Å². The van der Waals surface area contributed by atoms with Crippen molar-refractivity contribution in [2.24, 2.45) is 5.73 Å². The minimum absolute atomic E-state index is 0.0337. The summed E-state index contributed by atoms with van der Waals surface area (Å²) in [6.07, 6.45) is 0. The van der Waals surface area contributed by atoms with E-state index in [-0.39, 0.29) is 6.04 Å². The third-order valence-electron chi connectivity index (χ3n) is 3.71. The molecular formula is C18H19NS. The molecule has 3 rings (SSSR count). The average molecular weight is 281 g/mol. The highest BCUT2D eigenvalue weighted by atomic mass is 32.1. The van der Waals surface area contributed by atoms with Crippen LogP contribution in [0.1, 0.15) is 41.8 Å². The molecule has 0 bridgehead atoms. The first-order valence-electron chi connectivity index (χ1n) is 6.99. The van der Waals surface area contributed by atoms with E-state index in [1.54, 1.807) is 11.3 Å². The summed E-state index contributed by atoms with van der Waals surface area (Å²) in [4.78, 5) is 1.23. The summed E-state index contributed by atoms with van der Waals surface area (Å²) in [5.74, 6) is 0.560. The summed E-state index contributed by atoms with van der Waals surface area (Å²) < 4.78 is 1.30. The number of nitrogens with two attached hydrogens (primary N) is 1. The van der Waals surface area contributed by atoms with Gasteiger partial charge in [-0.05, 0) is 34.6 Å². The van der Waals surface area contributed by atoms with Gasteiger partial charge in [0, 0.05) is 9.58 Å². The molecule has 2 aromatic carbocycles. The molecule has 2 heteroatoms. The lowest BCUT2D eigenvalue weighted by Crippen LogP contribution is -2.10. The number of benzene rings is 2. The fourth-order valence-electron chi connectivity index (χ4n) is 2.41. The number of hydrogen-bond acceptors (Lipinski definition) is 2. The maximum absolute atomic E-state index is 6.42. The van der Waals surface area contributed by atoms with E-state index in [2.05, 4.69) is 68.4 Å². The molecule has 102 valence electrons. The van der Waals surface area contributed by atoms with E-state index in [4.69, 9.17) is 5.73 Å². The molecule has 0 amide bonds. The monoisotopic (exact) mass is 281 g/mol. The highest BCUT2D eigenvalue weighted by Crippen LogP contribution is 2.32. The average Bonchev–Trinajstić information content (AvgIpc) is 2.90. The first-order chi connectivity index (χ1) is 9.65. The van der Waals surface area contributed by atoms with Crippen molar-refractivity contribution in [2.45, 2.75) is 25.8 Å². The smallest absolute Gasteiger partial charge is 0.0646 e. The van der Waals surface area contributed by atoms with E-state index in [0.717, 1.165) is 0 Å². The topological polar surface area (TPSA) is 26.0 Å². The Bertz CT molecular complexity index is 677. The lowest BCUT2D eigenvalue weighted by atomic mass is 9.99. The molecule has 3 aromatic rings. The Balaban J connectivity index is 1.93. The van der Waals surface area contributed by atoms with Gasteiger partial charge in [-0.3, -0.25) is 0 Å². The van der Waals surface area contributed by atoms with E-state index in [9.17, 15) is 0 Å². The Labute approximate surface area is 124 Å². The van der Waals surface area contributed by atoms with Gasteiger partial charge in [-0.2, -0.15) is 0 Å². The normalized spacial score (nSPS) is 13.0. The van der Waals surface area contributed by atoms with E-state index < -0.39 is 0 Å². The van der Waals surface area contributed by atoms with Crippen molar-refractivity contribution in [3.8, 4) is 0 Å². The summed E-state index contributed by atoms with van der Waals surface area (Å²) in [6.45, 7) is 4.42.